The Morgan fingerprint density at radius 2 is 1.75 bits per heavy atom. The molecule has 114 valence electrons. The number of rotatable bonds is 10. The minimum atomic E-state index is 0.497. The Morgan fingerprint density at radius 3 is 2.45 bits per heavy atom. The van der Waals surface area contributed by atoms with Crippen molar-refractivity contribution >= 4 is 11.8 Å². The van der Waals surface area contributed by atoms with Gasteiger partial charge in [0, 0.05) is 12.1 Å². The molecule has 1 rings (SSSR count). The standard InChI is InChI=1S/C17H29NOS/c1-4-5-6-12-20-13-8-11-15-9-7-10-16(17(15)19)14-18(2)3/h7,9-10,19H,4-6,8,11-14H2,1-3H3. The molecule has 0 aromatic heterocycles. The summed E-state index contributed by atoms with van der Waals surface area (Å²) in [5, 5.41) is 10.3. The van der Waals surface area contributed by atoms with E-state index in [1.165, 1.54) is 30.8 Å². The molecule has 0 bridgehead atoms. The van der Waals surface area contributed by atoms with Gasteiger partial charge >= 0.3 is 0 Å². The molecule has 3 heteroatoms. The van der Waals surface area contributed by atoms with Crippen molar-refractivity contribution in [2.24, 2.45) is 0 Å². The van der Waals surface area contributed by atoms with Crippen LogP contribution in [-0.2, 0) is 13.0 Å². The predicted octanol–water partition coefficient (Wildman–Crippen LogP) is 4.31. The Morgan fingerprint density at radius 1 is 1.05 bits per heavy atom. The SMILES string of the molecule is CCCCCSCCCc1cccc(CN(C)C)c1O. The Hall–Kier alpha value is -0.670. The van der Waals surface area contributed by atoms with E-state index >= 15 is 0 Å². The molecular formula is C17H29NOS. The fourth-order valence-electron chi connectivity index (χ4n) is 2.24. The summed E-state index contributed by atoms with van der Waals surface area (Å²) < 4.78 is 0. The van der Waals surface area contributed by atoms with Gasteiger partial charge in [-0.2, -0.15) is 11.8 Å². The third-order valence-corrected chi connectivity index (χ3v) is 4.47. The summed E-state index contributed by atoms with van der Waals surface area (Å²) in [4.78, 5) is 2.09. The van der Waals surface area contributed by atoms with Crippen molar-refractivity contribution in [2.45, 2.75) is 45.6 Å². The van der Waals surface area contributed by atoms with Crippen LogP contribution in [0.15, 0.2) is 18.2 Å². The summed E-state index contributed by atoms with van der Waals surface area (Å²) in [5.74, 6) is 2.97. The number of aromatic hydroxyl groups is 1. The molecule has 0 atom stereocenters. The van der Waals surface area contributed by atoms with Gasteiger partial charge in [0.25, 0.3) is 0 Å². The Balaban J connectivity index is 2.33. The topological polar surface area (TPSA) is 23.5 Å². The Labute approximate surface area is 128 Å². The molecule has 0 amide bonds. The van der Waals surface area contributed by atoms with Gasteiger partial charge in [-0.3, -0.25) is 0 Å². The number of aryl methyl sites for hydroxylation is 1. The van der Waals surface area contributed by atoms with Crippen molar-refractivity contribution in [1.82, 2.24) is 4.90 Å². The highest BCUT2D eigenvalue weighted by Gasteiger charge is 2.07. The van der Waals surface area contributed by atoms with Crippen LogP contribution in [0, 0.1) is 0 Å². The molecule has 0 aliphatic heterocycles. The van der Waals surface area contributed by atoms with Gasteiger partial charge in [0.1, 0.15) is 5.75 Å². The van der Waals surface area contributed by atoms with Crippen molar-refractivity contribution in [1.29, 1.82) is 0 Å². The zero-order chi connectivity index (χ0) is 14.8. The second-order valence-corrected chi connectivity index (χ2v) is 6.81. The highest BCUT2D eigenvalue weighted by atomic mass is 32.2. The van der Waals surface area contributed by atoms with Crippen molar-refractivity contribution in [3.05, 3.63) is 29.3 Å². The van der Waals surface area contributed by atoms with Crippen LogP contribution in [0.3, 0.4) is 0 Å². The maximum Gasteiger partial charge on any atom is 0.123 e. The van der Waals surface area contributed by atoms with Crippen LogP contribution < -0.4 is 0 Å². The lowest BCUT2D eigenvalue weighted by molar-refractivity contribution is 0.384. The fourth-order valence-corrected chi connectivity index (χ4v) is 3.20. The minimum absolute atomic E-state index is 0.497. The molecule has 0 saturated carbocycles. The number of phenolic OH excluding ortho intramolecular Hbond substituents is 1. The zero-order valence-corrected chi connectivity index (χ0v) is 14.0. The molecule has 0 radical (unpaired) electrons. The fraction of sp³-hybridized carbons (Fsp3) is 0.647. The number of nitrogens with zero attached hydrogens (tertiary/aromatic N) is 1. The molecule has 0 unspecified atom stereocenters. The number of benzene rings is 1. The number of hydrogen-bond acceptors (Lipinski definition) is 3. The van der Waals surface area contributed by atoms with Crippen LogP contribution in [0.2, 0.25) is 0 Å². The predicted molar refractivity (Wildman–Crippen MR) is 90.7 cm³/mol. The summed E-state index contributed by atoms with van der Waals surface area (Å²) in [5.41, 5.74) is 2.13. The molecule has 0 fully saturated rings. The van der Waals surface area contributed by atoms with Gasteiger partial charge in [0.15, 0.2) is 0 Å². The number of phenols is 1. The molecule has 0 spiro atoms. The van der Waals surface area contributed by atoms with Gasteiger partial charge in [0.2, 0.25) is 0 Å². The average Bonchev–Trinajstić information content (AvgIpc) is 2.41. The molecule has 1 N–H and O–H groups in total. The summed E-state index contributed by atoms with van der Waals surface area (Å²) in [6.07, 6.45) is 6.11. The largest absolute Gasteiger partial charge is 0.507 e. The first kappa shape index (κ1) is 17.4. The Kier molecular flexibility index (Phi) is 8.79. The van der Waals surface area contributed by atoms with Crippen LogP contribution in [0.1, 0.15) is 43.7 Å². The van der Waals surface area contributed by atoms with Crippen LogP contribution in [-0.4, -0.2) is 35.6 Å². The van der Waals surface area contributed by atoms with E-state index in [4.69, 9.17) is 0 Å². The second kappa shape index (κ2) is 10.1. The lowest BCUT2D eigenvalue weighted by atomic mass is 10.0. The summed E-state index contributed by atoms with van der Waals surface area (Å²) in [6.45, 7) is 3.04. The summed E-state index contributed by atoms with van der Waals surface area (Å²) in [7, 11) is 4.05. The van der Waals surface area contributed by atoms with E-state index in [1.54, 1.807) is 0 Å². The molecule has 2 nitrogen and oxygen atoms in total. The minimum Gasteiger partial charge on any atom is -0.507 e. The first-order valence-corrected chi connectivity index (χ1v) is 8.82. The van der Waals surface area contributed by atoms with E-state index in [0.29, 0.717) is 5.75 Å². The third kappa shape index (κ3) is 6.67. The van der Waals surface area contributed by atoms with E-state index in [-0.39, 0.29) is 0 Å². The van der Waals surface area contributed by atoms with Crippen molar-refractivity contribution < 1.29 is 5.11 Å². The summed E-state index contributed by atoms with van der Waals surface area (Å²) in [6, 6.07) is 6.12. The van der Waals surface area contributed by atoms with Gasteiger partial charge in [-0.1, -0.05) is 38.0 Å². The first-order valence-electron chi connectivity index (χ1n) is 7.67. The lowest BCUT2D eigenvalue weighted by Gasteiger charge is -2.13. The lowest BCUT2D eigenvalue weighted by Crippen LogP contribution is -2.11. The van der Waals surface area contributed by atoms with E-state index < -0.39 is 0 Å². The molecule has 0 saturated heterocycles. The van der Waals surface area contributed by atoms with E-state index in [2.05, 4.69) is 24.0 Å². The molecule has 1 aromatic carbocycles. The smallest absolute Gasteiger partial charge is 0.123 e. The van der Waals surface area contributed by atoms with Crippen LogP contribution in [0.25, 0.3) is 0 Å². The maximum absolute atomic E-state index is 10.3. The normalized spacial score (nSPS) is 11.2. The van der Waals surface area contributed by atoms with Crippen molar-refractivity contribution in [3.8, 4) is 5.75 Å². The van der Waals surface area contributed by atoms with Gasteiger partial charge in [-0.25, -0.2) is 0 Å². The molecule has 0 heterocycles. The number of unbranched alkanes of at least 4 members (excludes halogenated alkanes) is 2. The summed E-state index contributed by atoms with van der Waals surface area (Å²) >= 11 is 2.04. The van der Waals surface area contributed by atoms with E-state index in [1.807, 2.05) is 31.9 Å². The molecular weight excluding hydrogens is 266 g/mol. The first-order chi connectivity index (χ1) is 9.65. The van der Waals surface area contributed by atoms with Gasteiger partial charge in [-0.05, 0) is 50.4 Å². The molecule has 0 aliphatic rings. The highest BCUT2D eigenvalue weighted by molar-refractivity contribution is 7.99. The van der Waals surface area contributed by atoms with Crippen LogP contribution in [0.4, 0.5) is 0 Å². The quantitative estimate of drug-likeness (QED) is 0.651. The van der Waals surface area contributed by atoms with E-state index in [0.717, 1.165) is 30.5 Å². The second-order valence-electron chi connectivity index (χ2n) is 5.59. The van der Waals surface area contributed by atoms with Gasteiger partial charge in [0.05, 0.1) is 0 Å². The van der Waals surface area contributed by atoms with E-state index in [9.17, 15) is 5.11 Å². The molecule has 1 aromatic rings. The molecule has 0 aliphatic carbocycles. The number of thioether (sulfide) groups is 1. The van der Waals surface area contributed by atoms with Crippen LogP contribution in [0.5, 0.6) is 5.75 Å². The molecule has 20 heavy (non-hydrogen) atoms. The van der Waals surface area contributed by atoms with Crippen LogP contribution >= 0.6 is 11.8 Å². The zero-order valence-electron chi connectivity index (χ0n) is 13.2. The Bertz CT molecular complexity index is 379. The maximum atomic E-state index is 10.3. The highest BCUT2D eigenvalue weighted by Crippen LogP contribution is 2.25. The monoisotopic (exact) mass is 295 g/mol. The van der Waals surface area contributed by atoms with Gasteiger partial charge in [-0.15, -0.1) is 0 Å². The third-order valence-electron chi connectivity index (χ3n) is 3.32. The number of para-hydroxylation sites is 1. The van der Waals surface area contributed by atoms with Crippen molar-refractivity contribution in [2.75, 3.05) is 25.6 Å². The average molecular weight is 295 g/mol. The van der Waals surface area contributed by atoms with Crippen molar-refractivity contribution in [3.63, 3.8) is 0 Å². The van der Waals surface area contributed by atoms with Gasteiger partial charge < -0.3 is 10.0 Å². The number of hydrogen-bond donors (Lipinski definition) is 1.